The third-order valence-corrected chi connectivity index (χ3v) is 4.97. The number of carbonyl (C=O) groups excluding carboxylic acids is 2. The molecule has 0 aliphatic rings. The van der Waals surface area contributed by atoms with Gasteiger partial charge in [0.05, 0.1) is 6.61 Å². The lowest BCUT2D eigenvalue weighted by molar-refractivity contribution is -0.139. The molecule has 0 radical (unpaired) electrons. The number of nitrogens with one attached hydrogen (secondary N) is 2. The summed E-state index contributed by atoms with van der Waals surface area (Å²) in [6.45, 7) is 12.5. The molecule has 0 heterocycles. The van der Waals surface area contributed by atoms with Crippen molar-refractivity contribution in [3.05, 3.63) is 0 Å². The highest BCUT2D eigenvalue weighted by atomic mass is 28.3. The second kappa shape index (κ2) is 11.0. The van der Waals surface area contributed by atoms with Gasteiger partial charge < -0.3 is 25.2 Å². The molecule has 0 spiro atoms. The molecule has 0 rings (SSSR count). The largest absolute Gasteiger partial charge is 0.480 e. The van der Waals surface area contributed by atoms with Crippen LogP contribution in [-0.4, -0.2) is 56.1 Å². The lowest BCUT2D eigenvalue weighted by Gasteiger charge is -2.19. The number of hydrogen-bond acceptors (Lipinski definition) is 5. The molecule has 9 heteroatoms. The highest BCUT2D eigenvalue weighted by Crippen LogP contribution is 2.08. The summed E-state index contributed by atoms with van der Waals surface area (Å²) < 4.78 is 10.2. The van der Waals surface area contributed by atoms with E-state index in [1.165, 1.54) is 0 Å². The lowest BCUT2D eigenvalue weighted by Crippen LogP contribution is -2.41. The summed E-state index contributed by atoms with van der Waals surface area (Å²) in [6.07, 6.45) is 0.158. The second-order valence-corrected chi connectivity index (χ2v) is 14.0. The van der Waals surface area contributed by atoms with Crippen LogP contribution >= 0.6 is 0 Å². The molecule has 3 N–H and O–H groups in total. The Balaban J connectivity index is 4.05. The summed E-state index contributed by atoms with van der Waals surface area (Å²) in [5.74, 6) is -1.10. The number of carbonyl (C=O) groups is 3. The van der Waals surface area contributed by atoms with Crippen molar-refractivity contribution in [2.45, 2.75) is 77.4 Å². The van der Waals surface area contributed by atoms with Gasteiger partial charge >= 0.3 is 18.2 Å². The van der Waals surface area contributed by atoms with E-state index < -0.39 is 37.9 Å². The van der Waals surface area contributed by atoms with Crippen molar-refractivity contribution in [1.82, 2.24) is 10.6 Å². The minimum atomic E-state index is -1.31. The van der Waals surface area contributed by atoms with Crippen molar-refractivity contribution in [2.24, 2.45) is 0 Å². The van der Waals surface area contributed by atoms with Gasteiger partial charge in [0.2, 0.25) is 0 Å². The molecule has 8 nitrogen and oxygen atoms in total. The fraction of sp³-hybridized carbons (Fsp3) is 0.824. The van der Waals surface area contributed by atoms with E-state index in [-0.39, 0.29) is 6.42 Å². The summed E-state index contributed by atoms with van der Waals surface area (Å²) in [6, 6.07) is -0.176. The van der Waals surface area contributed by atoms with Gasteiger partial charge in [0.15, 0.2) is 0 Å². The maximum absolute atomic E-state index is 11.7. The number of rotatable bonds is 10. The molecule has 1 atom stereocenters. The third kappa shape index (κ3) is 14.6. The number of hydrogen-bond donors (Lipinski definition) is 3. The van der Waals surface area contributed by atoms with E-state index in [0.29, 0.717) is 26.0 Å². The first-order valence-corrected chi connectivity index (χ1v) is 12.6. The van der Waals surface area contributed by atoms with E-state index in [1.807, 2.05) is 0 Å². The number of alkyl carbamates (subject to hydrolysis) is 2. The smallest absolute Gasteiger partial charge is 0.407 e. The lowest BCUT2D eigenvalue weighted by atomic mass is 10.1. The maximum Gasteiger partial charge on any atom is 0.407 e. The van der Waals surface area contributed by atoms with E-state index in [1.54, 1.807) is 20.8 Å². The molecule has 0 bridgehead atoms. The fourth-order valence-corrected chi connectivity index (χ4v) is 2.58. The number of carboxylic acid groups (broad SMARTS) is 1. The number of aliphatic carboxylic acids is 1. The Bertz CT molecular complexity index is 471. The number of carboxylic acids is 1. The third-order valence-electron chi connectivity index (χ3n) is 3.26. The Morgan fingerprint density at radius 1 is 1.08 bits per heavy atom. The Morgan fingerprint density at radius 3 is 2.19 bits per heavy atom. The van der Waals surface area contributed by atoms with Crippen molar-refractivity contribution in [1.29, 1.82) is 0 Å². The van der Waals surface area contributed by atoms with Gasteiger partial charge in [-0.3, -0.25) is 0 Å². The predicted molar refractivity (Wildman–Crippen MR) is 102 cm³/mol. The fourth-order valence-electron chi connectivity index (χ4n) is 1.87. The average Bonchev–Trinajstić information content (AvgIpc) is 2.42. The Labute approximate surface area is 157 Å². The van der Waals surface area contributed by atoms with Crippen molar-refractivity contribution >= 4 is 26.2 Å². The molecule has 0 aromatic heterocycles. The van der Waals surface area contributed by atoms with Crippen LogP contribution in [-0.2, 0) is 14.3 Å². The van der Waals surface area contributed by atoms with Crippen LogP contribution in [0.2, 0.25) is 25.7 Å². The van der Waals surface area contributed by atoms with Crippen LogP contribution in [0.25, 0.3) is 0 Å². The SMILES string of the molecule is CC(C)(C)OC(=O)NCCCC[C@H](NC(=O)OCC[Si](C)(C)C)C(=O)O. The highest BCUT2D eigenvalue weighted by Gasteiger charge is 2.21. The summed E-state index contributed by atoms with van der Waals surface area (Å²) in [5.41, 5.74) is -0.557. The molecule has 2 amide bonds. The monoisotopic (exact) mass is 390 g/mol. The van der Waals surface area contributed by atoms with Gasteiger partial charge in [0.25, 0.3) is 0 Å². The molecule has 0 saturated heterocycles. The summed E-state index contributed by atoms with van der Waals surface area (Å²) in [7, 11) is -1.31. The van der Waals surface area contributed by atoms with E-state index in [9.17, 15) is 19.5 Å². The normalized spacial score (nSPS) is 12.8. The van der Waals surface area contributed by atoms with Crippen LogP contribution in [0.15, 0.2) is 0 Å². The van der Waals surface area contributed by atoms with Crippen molar-refractivity contribution < 1.29 is 29.0 Å². The zero-order valence-corrected chi connectivity index (χ0v) is 17.8. The molecular weight excluding hydrogens is 356 g/mol. The molecular formula is C17H34N2O6Si. The van der Waals surface area contributed by atoms with Gasteiger partial charge in [-0.2, -0.15) is 0 Å². The molecule has 26 heavy (non-hydrogen) atoms. The van der Waals surface area contributed by atoms with Crippen molar-refractivity contribution in [3.63, 3.8) is 0 Å². The standard InChI is InChI=1S/C17H34N2O6Si/c1-17(2,3)25-15(22)18-10-8-7-9-13(14(20)21)19-16(23)24-11-12-26(4,5)6/h13H,7-12H2,1-6H3,(H,18,22)(H,19,23)(H,20,21)/t13-/m0/s1. The molecule has 0 unspecified atom stereocenters. The van der Waals surface area contributed by atoms with E-state index in [0.717, 1.165) is 6.04 Å². The first kappa shape index (κ1) is 24.2. The Hall–Kier alpha value is -1.77. The quantitative estimate of drug-likeness (QED) is 0.390. The molecule has 0 aliphatic heterocycles. The zero-order valence-electron chi connectivity index (χ0n) is 16.8. The van der Waals surface area contributed by atoms with Crippen LogP contribution < -0.4 is 10.6 Å². The van der Waals surface area contributed by atoms with Crippen LogP contribution in [0.5, 0.6) is 0 Å². The molecule has 0 fully saturated rings. The maximum atomic E-state index is 11.7. The van der Waals surface area contributed by atoms with Gasteiger partial charge in [-0.05, 0) is 46.1 Å². The van der Waals surface area contributed by atoms with Crippen molar-refractivity contribution in [3.8, 4) is 0 Å². The second-order valence-electron chi connectivity index (χ2n) is 8.41. The first-order chi connectivity index (χ1) is 11.8. The van der Waals surface area contributed by atoms with Crippen molar-refractivity contribution in [2.75, 3.05) is 13.2 Å². The molecule has 0 aliphatic carbocycles. The van der Waals surface area contributed by atoms with E-state index >= 15 is 0 Å². The number of ether oxygens (including phenoxy) is 2. The highest BCUT2D eigenvalue weighted by molar-refractivity contribution is 6.76. The van der Waals surface area contributed by atoms with Gasteiger partial charge in [-0.15, -0.1) is 0 Å². The number of amides is 2. The Morgan fingerprint density at radius 2 is 1.69 bits per heavy atom. The first-order valence-electron chi connectivity index (χ1n) is 8.93. The van der Waals surface area contributed by atoms with Gasteiger partial charge in [0.1, 0.15) is 11.6 Å². The van der Waals surface area contributed by atoms with Gasteiger partial charge in [-0.25, -0.2) is 14.4 Å². The van der Waals surface area contributed by atoms with Gasteiger partial charge in [0, 0.05) is 14.6 Å². The molecule has 152 valence electrons. The minimum absolute atomic E-state index is 0.258. The average molecular weight is 391 g/mol. The summed E-state index contributed by atoms with van der Waals surface area (Å²) in [4.78, 5) is 34.4. The van der Waals surface area contributed by atoms with Crippen LogP contribution in [0.4, 0.5) is 9.59 Å². The Kier molecular flexibility index (Phi) is 10.3. The summed E-state index contributed by atoms with van der Waals surface area (Å²) in [5, 5.41) is 14.2. The van der Waals surface area contributed by atoms with Gasteiger partial charge in [-0.1, -0.05) is 19.6 Å². The molecule has 0 saturated carbocycles. The molecule has 0 aromatic carbocycles. The zero-order chi connectivity index (χ0) is 20.4. The van der Waals surface area contributed by atoms with Crippen LogP contribution in [0.1, 0.15) is 40.0 Å². The summed E-state index contributed by atoms with van der Waals surface area (Å²) >= 11 is 0. The van der Waals surface area contributed by atoms with Crippen LogP contribution in [0.3, 0.4) is 0 Å². The van der Waals surface area contributed by atoms with E-state index in [4.69, 9.17) is 9.47 Å². The topological polar surface area (TPSA) is 114 Å². The van der Waals surface area contributed by atoms with Crippen LogP contribution in [0, 0.1) is 0 Å². The van der Waals surface area contributed by atoms with E-state index in [2.05, 4.69) is 30.3 Å². The molecule has 0 aromatic rings. The number of unbranched alkanes of at least 4 members (excludes halogenated alkanes) is 1. The minimum Gasteiger partial charge on any atom is -0.480 e. The predicted octanol–water partition coefficient (Wildman–Crippen LogP) is 3.20.